The number of hydrogen-bond acceptors (Lipinski definition) is 4. The average Bonchev–Trinajstić information content (AvgIpc) is 2.37. The molecule has 1 rings (SSSR count). The Bertz CT molecular complexity index is 343. The van der Waals surface area contributed by atoms with E-state index in [0.717, 1.165) is 0 Å². The number of amides is 2. The summed E-state index contributed by atoms with van der Waals surface area (Å²) < 4.78 is 0. The number of hydrogen-bond donors (Lipinski definition) is 5. The van der Waals surface area contributed by atoms with Crippen molar-refractivity contribution < 1.29 is 20.1 Å². The second-order valence-electron chi connectivity index (χ2n) is 3.70. The molecule has 5 N–H and O–H groups in total. The standard InChI is InChI=1S/C11H16N2O4/c14-6-11(7-15,8-16)13-10(17)12-9-4-2-1-3-5-9/h1-5,14-16H,6-8H2,(H2,12,13,17). The lowest BCUT2D eigenvalue weighted by atomic mass is 10.0. The van der Waals surface area contributed by atoms with E-state index in [-0.39, 0.29) is 0 Å². The minimum Gasteiger partial charge on any atom is -0.394 e. The Morgan fingerprint density at radius 2 is 1.59 bits per heavy atom. The van der Waals surface area contributed by atoms with E-state index in [1.54, 1.807) is 24.3 Å². The molecule has 2 amide bonds. The summed E-state index contributed by atoms with van der Waals surface area (Å²) in [5.74, 6) is 0. The molecule has 0 atom stereocenters. The third-order valence-corrected chi connectivity index (χ3v) is 2.32. The van der Waals surface area contributed by atoms with Gasteiger partial charge in [-0.05, 0) is 12.1 Å². The summed E-state index contributed by atoms with van der Waals surface area (Å²) in [6, 6.07) is 8.10. The van der Waals surface area contributed by atoms with Crippen molar-refractivity contribution in [1.29, 1.82) is 0 Å². The van der Waals surface area contributed by atoms with Gasteiger partial charge in [0.05, 0.1) is 19.8 Å². The Hall–Kier alpha value is -1.63. The molecule has 0 heterocycles. The molecule has 0 aliphatic carbocycles. The van der Waals surface area contributed by atoms with Crippen molar-refractivity contribution in [2.45, 2.75) is 5.54 Å². The third-order valence-electron chi connectivity index (χ3n) is 2.32. The molecule has 0 aliphatic heterocycles. The first kappa shape index (κ1) is 13.4. The van der Waals surface area contributed by atoms with Gasteiger partial charge < -0.3 is 26.0 Å². The van der Waals surface area contributed by atoms with Crippen LogP contribution < -0.4 is 10.6 Å². The monoisotopic (exact) mass is 240 g/mol. The van der Waals surface area contributed by atoms with Gasteiger partial charge in [0, 0.05) is 5.69 Å². The van der Waals surface area contributed by atoms with Gasteiger partial charge in [-0.3, -0.25) is 0 Å². The molecule has 0 aromatic heterocycles. The first-order chi connectivity index (χ1) is 8.15. The van der Waals surface area contributed by atoms with E-state index in [2.05, 4.69) is 10.6 Å². The van der Waals surface area contributed by atoms with Crippen LogP contribution in [0.5, 0.6) is 0 Å². The molecule has 0 saturated carbocycles. The molecular formula is C11H16N2O4. The van der Waals surface area contributed by atoms with E-state index < -0.39 is 31.4 Å². The summed E-state index contributed by atoms with van der Waals surface area (Å²) in [4.78, 5) is 11.5. The zero-order valence-corrected chi connectivity index (χ0v) is 9.26. The van der Waals surface area contributed by atoms with Crippen LogP contribution in [0, 0.1) is 0 Å². The Kier molecular flexibility index (Phi) is 4.89. The van der Waals surface area contributed by atoms with Gasteiger partial charge in [-0.15, -0.1) is 0 Å². The largest absolute Gasteiger partial charge is 0.394 e. The quantitative estimate of drug-likeness (QED) is 0.480. The molecule has 0 aliphatic rings. The molecule has 0 saturated heterocycles. The summed E-state index contributed by atoms with van der Waals surface area (Å²) >= 11 is 0. The number of urea groups is 1. The lowest BCUT2D eigenvalue weighted by Gasteiger charge is -2.28. The number of para-hydroxylation sites is 1. The van der Waals surface area contributed by atoms with Crippen molar-refractivity contribution in [2.75, 3.05) is 25.1 Å². The molecule has 0 spiro atoms. The maximum Gasteiger partial charge on any atom is 0.319 e. The lowest BCUT2D eigenvalue weighted by molar-refractivity contribution is 0.0507. The number of aliphatic hydroxyl groups is 3. The number of carbonyl (C=O) groups is 1. The predicted molar refractivity (Wildman–Crippen MR) is 62.6 cm³/mol. The maximum absolute atomic E-state index is 11.5. The third kappa shape index (κ3) is 3.70. The van der Waals surface area contributed by atoms with Crippen molar-refractivity contribution in [3.05, 3.63) is 30.3 Å². The molecule has 0 radical (unpaired) electrons. The van der Waals surface area contributed by atoms with Gasteiger partial charge >= 0.3 is 6.03 Å². The minimum atomic E-state index is -1.42. The fourth-order valence-corrected chi connectivity index (χ4v) is 1.19. The molecule has 6 nitrogen and oxygen atoms in total. The first-order valence-electron chi connectivity index (χ1n) is 5.12. The van der Waals surface area contributed by atoms with Crippen LogP contribution in [0.4, 0.5) is 10.5 Å². The summed E-state index contributed by atoms with van der Waals surface area (Å²) in [5.41, 5.74) is -0.841. The number of aliphatic hydroxyl groups excluding tert-OH is 3. The number of rotatable bonds is 5. The van der Waals surface area contributed by atoms with E-state index in [1.165, 1.54) is 0 Å². The molecule has 6 heteroatoms. The van der Waals surface area contributed by atoms with Gasteiger partial charge in [-0.25, -0.2) is 4.79 Å². The predicted octanol–water partition coefficient (Wildman–Crippen LogP) is -0.476. The zero-order valence-electron chi connectivity index (χ0n) is 9.26. The Balaban J connectivity index is 2.60. The van der Waals surface area contributed by atoms with Crippen LogP contribution in [0.2, 0.25) is 0 Å². The highest BCUT2D eigenvalue weighted by Crippen LogP contribution is 2.06. The summed E-state index contributed by atoms with van der Waals surface area (Å²) in [7, 11) is 0. The van der Waals surface area contributed by atoms with E-state index in [1.807, 2.05) is 6.07 Å². The lowest BCUT2D eigenvalue weighted by Crippen LogP contribution is -2.58. The second kappa shape index (κ2) is 6.19. The van der Waals surface area contributed by atoms with E-state index in [9.17, 15) is 4.79 Å². The first-order valence-corrected chi connectivity index (χ1v) is 5.12. The Morgan fingerprint density at radius 1 is 1.06 bits per heavy atom. The van der Waals surface area contributed by atoms with Gasteiger partial charge in [0.25, 0.3) is 0 Å². The van der Waals surface area contributed by atoms with E-state index in [0.29, 0.717) is 5.69 Å². The van der Waals surface area contributed by atoms with Crippen molar-refractivity contribution in [3.63, 3.8) is 0 Å². The van der Waals surface area contributed by atoms with Crippen LogP contribution in [-0.4, -0.2) is 46.7 Å². The van der Waals surface area contributed by atoms with Crippen molar-refractivity contribution >= 4 is 11.7 Å². The second-order valence-corrected chi connectivity index (χ2v) is 3.70. The fourth-order valence-electron chi connectivity index (χ4n) is 1.19. The number of nitrogens with one attached hydrogen (secondary N) is 2. The smallest absolute Gasteiger partial charge is 0.319 e. The van der Waals surface area contributed by atoms with Crippen LogP contribution >= 0.6 is 0 Å². The minimum absolute atomic E-state index is 0.553. The molecule has 0 fully saturated rings. The number of anilines is 1. The van der Waals surface area contributed by atoms with Crippen LogP contribution in [-0.2, 0) is 0 Å². The average molecular weight is 240 g/mol. The maximum atomic E-state index is 11.5. The Morgan fingerprint density at radius 3 is 2.06 bits per heavy atom. The Labute approximate surface area is 98.9 Å². The number of carbonyl (C=O) groups excluding carboxylic acids is 1. The molecule has 0 bridgehead atoms. The van der Waals surface area contributed by atoms with Gasteiger partial charge in [0.1, 0.15) is 5.54 Å². The van der Waals surface area contributed by atoms with Crippen LogP contribution in [0.3, 0.4) is 0 Å². The highest BCUT2D eigenvalue weighted by Gasteiger charge is 2.29. The zero-order chi connectivity index (χ0) is 12.7. The van der Waals surface area contributed by atoms with E-state index >= 15 is 0 Å². The molecule has 1 aromatic rings. The normalized spacial score (nSPS) is 11.0. The fraction of sp³-hybridized carbons (Fsp3) is 0.364. The van der Waals surface area contributed by atoms with Crippen LogP contribution in [0.15, 0.2) is 30.3 Å². The highest BCUT2D eigenvalue weighted by molar-refractivity contribution is 5.89. The molecule has 1 aromatic carbocycles. The van der Waals surface area contributed by atoms with Crippen molar-refractivity contribution in [1.82, 2.24) is 5.32 Å². The summed E-state index contributed by atoms with van der Waals surface area (Å²) in [6.45, 7) is -1.66. The van der Waals surface area contributed by atoms with Gasteiger partial charge in [-0.1, -0.05) is 18.2 Å². The summed E-state index contributed by atoms with van der Waals surface area (Å²) in [5, 5.41) is 31.9. The topological polar surface area (TPSA) is 102 Å². The van der Waals surface area contributed by atoms with Crippen LogP contribution in [0.1, 0.15) is 0 Å². The van der Waals surface area contributed by atoms with Gasteiger partial charge in [0.15, 0.2) is 0 Å². The molecular weight excluding hydrogens is 224 g/mol. The molecule has 0 unspecified atom stereocenters. The van der Waals surface area contributed by atoms with Crippen LogP contribution in [0.25, 0.3) is 0 Å². The highest BCUT2D eigenvalue weighted by atomic mass is 16.3. The molecule has 94 valence electrons. The number of benzene rings is 1. The van der Waals surface area contributed by atoms with Crippen molar-refractivity contribution in [3.8, 4) is 0 Å². The van der Waals surface area contributed by atoms with Gasteiger partial charge in [-0.2, -0.15) is 0 Å². The molecule has 17 heavy (non-hydrogen) atoms. The van der Waals surface area contributed by atoms with Crippen molar-refractivity contribution in [2.24, 2.45) is 0 Å². The van der Waals surface area contributed by atoms with E-state index in [4.69, 9.17) is 15.3 Å². The SMILES string of the molecule is O=C(Nc1ccccc1)NC(CO)(CO)CO. The summed E-state index contributed by atoms with van der Waals surface area (Å²) in [6.07, 6.45) is 0. The van der Waals surface area contributed by atoms with Gasteiger partial charge in [0.2, 0.25) is 0 Å².